The van der Waals surface area contributed by atoms with Gasteiger partial charge in [-0.3, -0.25) is 4.98 Å². The molecule has 1 aromatic heterocycles. The van der Waals surface area contributed by atoms with Gasteiger partial charge in [-0.2, -0.15) is 0 Å². The van der Waals surface area contributed by atoms with Crippen LogP contribution < -0.4 is 5.32 Å². The molecule has 0 atom stereocenters. The minimum Gasteiger partial charge on any atom is -0.388 e. The van der Waals surface area contributed by atoms with E-state index < -0.39 is 0 Å². The maximum Gasteiger partial charge on any atom is 0.0450 e. The summed E-state index contributed by atoms with van der Waals surface area (Å²) < 4.78 is 0. The molecular formula is C14H15N3. The summed E-state index contributed by atoms with van der Waals surface area (Å²) >= 11 is 0. The van der Waals surface area contributed by atoms with E-state index in [4.69, 9.17) is 5.41 Å². The van der Waals surface area contributed by atoms with Crippen molar-refractivity contribution in [2.24, 2.45) is 0 Å². The molecule has 0 aliphatic rings. The first-order chi connectivity index (χ1) is 8.26. The number of nitrogens with one attached hydrogen (secondary N) is 2. The Balaban J connectivity index is 2.54. The summed E-state index contributed by atoms with van der Waals surface area (Å²) in [7, 11) is 1.86. The van der Waals surface area contributed by atoms with E-state index in [2.05, 4.69) is 16.4 Å². The average Bonchev–Trinajstić information content (AvgIpc) is 2.38. The molecule has 0 saturated heterocycles. The van der Waals surface area contributed by atoms with Crippen LogP contribution in [0.15, 0.2) is 36.5 Å². The molecule has 0 fully saturated rings. The predicted molar refractivity (Wildman–Crippen MR) is 71.8 cm³/mol. The van der Waals surface area contributed by atoms with Gasteiger partial charge in [0.2, 0.25) is 0 Å². The van der Waals surface area contributed by atoms with E-state index in [1.54, 1.807) is 6.20 Å². The number of anilines is 1. The van der Waals surface area contributed by atoms with Crippen LogP contribution in [0.5, 0.6) is 0 Å². The van der Waals surface area contributed by atoms with Crippen molar-refractivity contribution in [3.63, 3.8) is 0 Å². The maximum absolute atomic E-state index is 7.33. The standard InChI is InChI=1S/C14H15N3/c1-10-13(4-3-7-17-10)11-5-6-12(9-15)14(8-11)16-2/h3-9,15-16H,1-2H3. The molecule has 0 radical (unpaired) electrons. The Morgan fingerprint density at radius 1 is 1.29 bits per heavy atom. The van der Waals surface area contributed by atoms with E-state index in [0.29, 0.717) is 0 Å². The van der Waals surface area contributed by atoms with Gasteiger partial charge >= 0.3 is 0 Å². The smallest absolute Gasteiger partial charge is 0.0450 e. The molecule has 0 spiro atoms. The first-order valence-corrected chi connectivity index (χ1v) is 5.50. The second kappa shape index (κ2) is 4.78. The summed E-state index contributed by atoms with van der Waals surface area (Å²) in [6.45, 7) is 2.00. The molecule has 0 aliphatic heterocycles. The Kier molecular flexibility index (Phi) is 3.19. The van der Waals surface area contributed by atoms with Gasteiger partial charge in [-0.25, -0.2) is 0 Å². The highest BCUT2D eigenvalue weighted by atomic mass is 14.8. The summed E-state index contributed by atoms with van der Waals surface area (Å²) in [5.41, 5.74) is 5.10. The topological polar surface area (TPSA) is 48.8 Å². The number of rotatable bonds is 3. The average molecular weight is 225 g/mol. The van der Waals surface area contributed by atoms with Crippen LogP contribution in [0.1, 0.15) is 11.3 Å². The third-order valence-electron chi connectivity index (χ3n) is 2.80. The van der Waals surface area contributed by atoms with Crippen LogP contribution in [0.2, 0.25) is 0 Å². The highest BCUT2D eigenvalue weighted by Gasteiger charge is 2.05. The Morgan fingerprint density at radius 2 is 2.12 bits per heavy atom. The first-order valence-electron chi connectivity index (χ1n) is 5.50. The monoisotopic (exact) mass is 225 g/mol. The molecule has 2 N–H and O–H groups in total. The normalized spacial score (nSPS) is 10.0. The fraction of sp³-hybridized carbons (Fsp3) is 0.143. The van der Waals surface area contributed by atoms with Crippen molar-refractivity contribution in [3.8, 4) is 11.1 Å². The Hall–Kier alpha value is -2.16. The number of nitrogens with zero attached hydrogens (tertiary/aromatic N) is 1. The molecule has 0 aliphatic carbocycles. The van der Waals surface area contributed by atoms with Crippen molar-refractivity contribution in [3.05, 3.63) is 47.8 Å². The molecule has 3 heteroatoms. The van der Waals surface area contributed by atoms with Gasteiger partial charge in [-0.15, -0.1) is 0 Å². The van der Waals surface area contributed by atoms with Gasteiger partial charge in [0.25, 0.3) is 0 Å². The van der Waals surface area contributed by atoms with Gasteiger partial charge in [0.1, 0.15) is 0 Å². The Labute approximate surface area is 101 Å². The van der Waals surface area contributed by atoms with Crippen molar-refractivity contribution in [2.45, 2.75) is 6.92 Å². The summed E-state index contributed by atoms with van der Waals surface area (Å²) in [6.07, 6.45) is 3.15. The summed E-state index contributed by atoms with van der Waals surface area (Å²) in [5.74, 6) is 0. The van der Waals surface area contributed by atoms with Crippen molar-refractivity contribution in [2.75, 3.05) is 12.4 Å². The van der Waals surface area contributed by atoms with E-state index in [0.717, 1.165) is 28.1 Å². The zero-order valence-electron chi connectivity index (χ0n) is 9.99. The minimum atomic E-state index is 0.887. The van der Waals surface area contributed by atoms with Gasteiger partial charge in [0.15, 0.2) is 0 Å². The zero-order valence-corrected chi connectivity index (χ0v) is 9.99. The quantitative estimate of drug-likeness (QED) is 0.788. The molecule has 1 heterocycles. The summed E-state index contributed by atoms with van der Waals surface area (Å²) in [5, 5.41) is 10.4. The number of pyridine rings is 1. The van der Waals surface area contributed by atoms with Gasteiger partial charge in [-0.1, -0.05) is 18.2 Å². The fourth-order valence-electron chi connectivity index (χ4n) is 1.86. The molecule has 3 nitrogen and oxygen atoms in total. The number of aryl methyl sites for hydroxylation is 1. The van der Waals surface area contributed by atoms with Crippen molar-refractivity contribution in [1.29, 1.82) is 5.41 Å². The van der Waals surface area contributed by atoms with E-state index >= 15 is 0 Å². The number of hydrogen-bond acceptors (Lipinski definition) is 3. The third kappa shape index (κ3) is 2.18. The Morgan fingerprint density at radius 3 is 2.76 bits per heavy atom. The lowest BCUT2D eigenvalue weighted by Crippen LogP contribution is -1.95. The lowest BCUT2D eigenvalue weighted by Gasteiger charge is -2.09. The molecule has 1 aromatic carbocycles. The molecule has 86 valence electrons. The first kappa shape index (κ1) is 11.3. The van der Waals surface area contributed by atoms with E-state index in [9.17, 15) is 0 Å². The maximum atomic E-state index is 7.33. The van der Waals surface area contributed by atoms with Gasteiger partial charge in [-0.05, 0) is 24.6 Å². The molecule has 0 unspecified atom stereocenters. The summed E-state index contributed by atoms with van der Waals surface area (Å²) in [4.78, 5) is 4.29. The highest BCUT2D eigenvalue weighted by molar-refractivity contribution is 5.88. The summed E-state index contributed by atoms with van der Waals surface area (Å²) in [6, 6.07) is 10.0. The molecular weight excluding hydrogens is 210 g/mol. The number of hydrogen-bond donors (Lipinski definition) is 2. The predicted octanol–water partition coefficient (Wildman–Crippen LogP) is 3.10. The van der Waals surface area contributed by atoms with Crippen LogP contribution in [-0.4, -0.2) is 18.2 Å². The SMILES string of the molecule is CNc1cc(-c2cccnc2C)ccc1C=N. The molecule has 0 amide bonds. The van der Waals surface area contributed by atoms with Crippen LogP contribution in [-0.2, 0) is 0 Å². The lowest BCUT2D eigenvalue weighted by molar-refractivity contribution is 1.20. The molecule has 17 heavy (non-hydrogen) atoms. The number of benzene rings is 1. The van der Waals surface area contributed by atoms with Crippen LogP contribution in [0.3, 0.4) is 0 Å². The van der Waals surface area contributed by atoms with Crippen molar-refractivity contribution < 1.29 is 0 Å². The van der Waals surface area contributed by atoms with Crippen molar-refractivity contribution in [1.82, 2.24) is 4.98 Å². The van der Waals surface area contributed by atoms with Crippen molar-refractivity contribution >= 4 is 11.9 Å². The molecule has 2 rings (SSSR count). The largest absolute Gasteiger partial charge is 0.388 e. The van der Waals surface area contributed by atoms with Crippen LogP contribution in [0, 0.1) is 12.3 Å². The van der Waals surface area contributed by atoms with Gasteiger partial charge in [0.05, 0.1) is 0 Å². The molecule has 0 saturated carbocycles. The highest BCUT2D eigenvalue weighted by Crippen LogP contribution is 2.26. The van der Waals surface area contributed by atoms with Crippen LogP contribution in [0.4, 0.5) is 5.69 Å². The van der Waals surface area contributed by atoms with E-state index in [-0.39, 0.29) is 0 Å². The lowest BCUT2D eigenvalue weighted by atomic mass is 10.0. The second-order valence-corrected chi connectivity index (χ2v) is 3.83. The van der Waals surface area contributed by atoms with Crippen LogP contribution in [0.25, 0.3) is 11.1 Å². The third-order valence-corrected chi connectivity index (χ3v) is 2.80. The fourth-order valence-corrected chi connectivity index (χ4v) is 1.86. The Bertz CT molecular complexity index is 547. The van der Waals surface area contributed by atoms with Gasteiger partial charge < -0.3 is 10.7 Å². The molecule has 0 bridgehead atoms. The van der Waals surface area contributed by atoms with Gasteiger partial charge in [0, 0.05) is 42.0 Å². The second-order valence-electron chi connectivity index (χ2n) is 3.83. The van der Waals surface area contributed by atoms with Crippen LogP contribution >= 0.6 is 0 Å². The van der Waals surface area contributed by atoms with E-state index in [1.165, 1.54) is 6.21 Å². The van der Waals surface area contributed by atoms with E-state index in [1.807, 2.05) is 38.2 Å². The zero-order chi connectivity index (χ0) is 12.3. The molecule has 2 aromatic rings. The minimum absolute atomic E-state index is 0.887. The number of aromatic nitrogens is 1.